The van der Waals surface area contributed by atoms with E-state index in [2.05, 4.69) is 0 Å². The van der Waals surface area contributed by atoms with Crippen LogP contribution >= 0.6 is 0 Å². The first-order valence-electron chi connectivity index (χ1n) is 4.47. The van der Waals surface area contributed by atoms with Crippen molar-refractivity contribution in [2.24, 2.45) is 5.92 Å². The predicted molar refractivity (Wildman–Crippen MR) is 45.0 cm³/mol. The lowest BCUT2D eigenvalue weighted by molar-refractivity contribution is -0.138. The SMILES string of the molecule is COC1CCCC(CC(=O)O)C1. The Balaban J connectivity index is 2.30. The Kier molecular flexibility index (Phi) is 3.53. The van der Waals surface area contributed by atoms with Crippen molar-refractivity contribution in [1.82, 2.24) is 0 Å². The summed E-state index contributed by atoms with van der Waals surface area (Å²) >= 11 is 0. The smallest absolute Gasteiger partial charge is 0.303 e. The van der Waals surface area contributed by atoms with E-state index in [0.29, 0.717) is 18.4 Å². The van der Waals surface area contributed by atoms with Crippen LogP contribution in [0.5, 0.6) is 0 Å². The molecule has 0 aliphatic heterocycles. The molecule has 12 heavy (non-hydrogen) atoms. The van der Waals surface area contributed by atoms with Crippen LogP contribution in [0.25, 0.3) is 0 Å². The number of hydrogen-bond donors (Lipinski definition) is 1. The third-order valence-electron chi connectivity index (χ3n) is 2.53. The highest BCUT2D eigenvalue weighted by molar-refractivity contribution is 5.67. The van der Waals surface area contributed by atoms with Gasteiger partial charge in [0.2, 0.25) is 0 Å². The molecule has 0 heterocycles. The Morgan fingerprint density at radius 3 is 2.92 bits per heavy atom. The normalized spacial score (nSPS) is 30.1. The first-order valence-corrected chi connectivity index (χ1v) is 4.47. The van der Waals surface area contributed by atoms with E-state index >= 15 is 0 Å². The van der Waals surface area contributed by atoms with Crippen molar-refractivity contribution in [3.63, 3.8) is 0 Å². The predicted octanol–water partition coefficient (Wildman–Crippen LogP) is 1.67. The fourth-order valence-corrected chi connectivity index (χ4v) is 1.89. The van der Waals surface area contributed by atoms with Gasteiger partial charge >= 0.3 is 5.97 Å². The molecular formula is C9H16O3. The number of carboxylic acid groups (broad SMARTS) is 1. The van der Waals surface area contributed by atoms with Crippen LogP contribution in [0.2, 0.25) is 0 Å². The minimum atomic E-state index is -0.684. The fraction of sp³-hybridized carbons (Fsp3) is 0.889. The molecule has 0 saturated heterocycles. The summed E-state index contributed by atoms with van der Waals surface area (Å²) in [6.45, 7) is 0. The number of rotatable bonds is 3. The van der Waals surface area contributed by atoms with E-state index in [1.807, 2.05) is 0 Å². The summed E-state index contributed by atoms with van der Waals surface area (Å²) in [5.41, 5.74) is 0. The third-order valence-corrected chi connectivity index (χ3v) is 2.53. The first-order chi connectivity index (χ1) is 5.72. The van der Waals surface area contributed by atoms with Crippen LogP contribution in [-0.4, -0.2) is 24.3 Å². The Labute approximate surface area is 72.7 Å². The molecule has 1 rings (SSSR count). The molecule has 2 unspecified atom stereocenters. The molecule has 2 atom stereocenters. The van der Waals surface area contributed by atoms with Crippen LogP contribution in [0.15, 0.2) is 0 Å². The van der Waals surface area contributed by atoms with Crippen molar-refractivity contribution in [3.8, 4) is 0 Å². The Hall–Kier alpha value is -0.570. The number of carboxylic acids is 1. The van der Waals surface area contributed by atoms with Gasteiger partial charge in [0.25, 0.3) is 0 Å². The highest BCUT2D eigenvalue weighted by atomic mass is 16.5. The molecule has 0 aromatic carbocycles. The molecular weight excluding hydrogens is 156 g/mol. The van der Waals surface area contributed by atoms with Crippen LogP contribution < -0.4 is 0 Å². The van der Waals surface area contributed by atoms with E-state index in [4.69, 9.17) is 9.84 Å². The van der Waals surface area contributed by atoms with Crippen molar-refractivity contribution < 1.29 is 14.6 Å². The maximum absolute atomic E-state index is 10.4. The zero-order valence-corrected chi connectivity index (χ0v) is 7.45. The topological polar surface area (TPSA) is 46.5 Å². The van der Waals surface area contributed by atoms with E-state index in [-0.39, 0.29) is 0 Å². The van der Waals surface area contributed by atoms with Gasteiger partial charge in [0.05, 0.1) is 6.10 Å². The van der Waals surface area contributed by atoms with Crippen LogP contribution in [0.1, 0.15) is 32.1 Å². The van der Waals surface area contributed by atoms with Gasteiger partial charge in [-0.3, -0.25) is 4.79 Å². The first kappa shape index (κ1) is 9.52. The van der Waals surface area contributed by atoms with Crippen LogP contribution in [-0.2, 0) is 9.53 Å². The summed E-state index contributed by atoms with van der Waals surface area (Å²) in [6.07, 6.45) is 4.76. The van der Waals surface area contributed by atoms with Gasteiger partial charge in [0.15, 0.2) is 0 Å². The molecule has 70 valence electrons. The standard InChI is InChI=1S/C9H16O3/c1-12-8-4-2-3-7(5-8)6-9(10)11/h7-8H,2-6H2,1H3,(H,10,11). The summed E-state index contributed by atoms with van der Waals surface area (Å²) in [5, 5.41) is 8.58. The quantitative estimate of drug-likeness (QED) is 0.704. The maximum Gasteiger partial charge on any atom is 0.303 e. The average Bonchev–Trinajstić information content (AvgIpc) is 2.03. The Morgan fingerprint density at radius 1 is 1.58 bits per heavy atom. The van der Waals surface area contributed by atoms with E-state index in [1.54, 1.807) is 7.11 Å². The van der Waals surface area contributed by atoms with E-state index in [0.717, 1.165) is 25.7 Å². The van der Waals surface area contributed by atoms with E-state index in [9.17, 15) is 4.79 Å². The third kappa shape index (κ3) is 2.81. The van der Waals surface area contributed by atoms with Crippen molar-refractivity contribution in [2.45, 2.75) is 38.2 Å². The van der Waals surface area contributed by atoms with Crippen molar-refractivity contribution in [2.75, 3.05) is 7.11 Å². The molecule has 0 radical (unpaired) electrons. The second kappa shape index (κ2) is 4.45. The lowest BCUT2D eigenvalue weighted by atomic mass is 9.85. The lowest BCUT2D eigenvalue weighted by Gasteiger charge is -2.26. The number of ether oxygens (including phenoxy) is 1. The molecule has 1 aliphatic rings. The number of aliphatic carboxylic acids is 1. The highest BCUT2D eigenvalue weighted by Gasteiger charge is 2.23. The van der Waals surface area contributed by atoms with Gasteiger partial charge < -0.3 is 9.84 Å². The van der Waals surface area contributed by atoms with Gasteiger partial charge in [-0.15, -0.1) is 0 Å². The monoisotopic (exact) mass is 172 g/mol. The molecule has 1 aliphatic carbocycles. The Bertz CT molecular complexity index is 156. The van der Waals surface area contributed by atoms with Crippen LogP contribution in [0, 0.1) is 5.92 Å². The number of methoxy groups -OCH3 is 1. The number of carbonyl (C=O) groups is 1. The molecule has 3 nitrogen and oxygen atoms in total. The Morgan fingerprint density at radius 2 is 2.33 bits per heavy atom. The highest BCUT2D eigenvalue weighted by Crippen LogP contribution is 2.28. The molecule has 0 bridgehead atoms. The average molecular weight is 172 g/mol. The summed E-state index contributed by atoms with van der Waals surface area (Å²) in [6, 6.07) is 0. The van der Waals surface area contributed by atoms with Crippen LogP contribution in [0.3, 0.4) is 0 Å². The summed E-state index contributed by atoms with van der Waals surface area (Å²) in [4.78, 5) is 10.4. The van der Waals surface area contributed by atoms with Gasteiger partial charge in [0, 0.05) is 13.5 Å². The molecule has 0 spiro atoms. The van der Waals surface area contributed by atoms with Gasteiger partial charge in [-0.2, -0.15) is 0 Å². The molecule has 0 aromatic heterocycles. The molecule has 3 heteroatoms. The second-order valence-electron chi connectivity index (χ2n) is 3.49. The van der Waals surface area contributed by atoms with Crippen molar-refractivity contribution in [3.05, 3.63) is 0 Å². The lowest BCUT2D eigenvalue weighted by Crippen LogP contribution is -2.23. The maximum atomic E-state index is 10.4. The summed E-state index contributed by atoms with van der Waals surface area (Å²) in [7, 11) is 1.70. The minimum absolute atomic E-state index is 0.295. The summed E-state index contributed by atoms with van der Waals surface area (Å²) < 4.78 is 5.21. The molecule has 1 N–H and O–H groups in total. The van der Waals surface area contributed by atoms with Crippen molar-refractivity contribution in [1.29, 1.82) is 0 Å². The van der Waals surface area contributed by atoms with Crippen LogP contribution in [0.4, 0.5) is 0 Å². The van der Waals surface area contributed by atoms with E-state index in [1.165, 1.54) is 0 Å². The molecule has 1 saturated carbocycles. The second-order valence-corrected chi connectivity index (χ2v) is 3.49. The van der Waals surface area contributed by atoms with Gasteiger partial charge in [0.1, 0.15) is 0 Å². The van der Waals surface area contributed by atoms with Crippen molar-refractivity contribution >= 4 is 5.97 Å². The molecule has 1 fully saturated rings. The minimum Gasteiger partial charge on any atom is -0.481 e. The molecule has 0 amide bonds. The number of hydrogen-bond acceptors (Lipinski definition) is 2. The van der Waals surface area contributed by atoms with Gasteiger partial charge in [-0.05, 0) is 25.2 Å². The fourth-order valence-electron chi connectivity index (χ4n) is 1.89. The largest absolute Gasteiger partial charge is 0.481 e. The van der Waals surface area contributed by atoms with Gasteiger partial charge in [-0.1, -0.05) is 6.42 Å². The summed E-state index contributed by atoms with van der Waals surface area (Å²) in [5.74, 6) is -0.349. The van der Waals surface area contributed by atoms with Gasteiger partial charge in [-0.25, -0.2) is 0 Å². The zero-order chi connectivity index (χ0) is 8.97. The van der Waals surface area contributed by atoms with E-state index < -0.39 is 5.97 Å². The molecule has 0 aromatic rings. The zero-order valence-electron chi connectivity index (χ0n) is 7.45.